The molecule has 1 aromatic heterocycles. The van der Waals surface area contributed by atoms with Gasteiger partial charge in [-0.1, -0.05) is 0 Å². The zero-order valence-electron chi connectivity index (χ0n) is 8.48. The standard InChI is InChI=1S/C9H9BrClN3O2/c1-16-9-8(12-3-6(10)13-9)14-4-5(11)2-7(14)15/h3,5H,2,4H2,1H3. The number of methoxy groups -OCH3 is 1. The van der Waals surface area contributed by atoms with Crippen molar-refractivity contribution in [1.29, 1.82) is 0 Å². The highest BCUT2D eigenvalue weighted by Crippen LogP contribution is 2.29. The Labute approximate surface area is 106 Å². The highest BCUT2D eigenvalue weighted by atomic mass is 79.9. The van der Waals surface area contributed by atoms with Crippen molar-refractivity contribution in [3.05, 3.63) is 10.8 Å². The van der Waals surface area contributed by atoms with Crippen molar-refractivity contribution in [2.24, 2.45) is 0 Å². The van der Waals surface area contributed by atoms with E-state index in [1.807, 2.05) is 0 Å². The fourth-order valence-electron chi connectivity index (χ4n) is 1.54. The summed E-state index contributed by atoms with van der Waals surface area (Å²) in [5, 5.41) is -0.178. The van der Waals surface area contributed by atoms with E-state index in [2.05, 4.69) is 25.9 Å². The van der Waals surface area contributed by atoms with Crippen molar-refractivity contribution < 1.29 is 9.53 Å². The lowest BCUT2D eigenvalue weighted by atomic mass is 10.4. The summed E-state index contributed by atoms with van der Waals surface area (Å²) in [6.07, 6.45) is 1.84. The van der Waals surface area contributed by atoms with Gasteiger partial charge in [0.05, 0.1) is 18.7 Å². The minimum Gasteiger partial charge on any atom is -0.478 e. The maximum Gasteiger partial charge on any atom is 0.258 e. The maximum absolute atomic E-state index is 11.6. The highest BCUT2D eigenvalue weighted by Gasteiger charge is 2.32. The van der Waals surface area contributed by atoms with Gasteiger partial charge in [0.1, 0.15) is 4.60 Å². The van der Waals surface area contributed by atoms with E-state index in [0.717, 1.165) is 0 Å². The normalized spacial score (nSPS) is 20.3. The summed E-state index contributed by atoms with van der Waals surface area (Å²) in [5.74, 6) is 0.669. The summed E-state index contributed by atoms with van der Waals surface area (Å²) in [4.78, 5) is 21.4. The van der Waals surface area contributed by atoms with Crippen LogP contribution in [0.5, 0.6) is 5.88 Å². The van der Waals surface area contributed by atoms with Crippen LogP contribution in [0.1, 0.15) is 6.42 Å². The van der Waals surface area contributed by atoms with Crippen LogP contribution in [0.25, 0.3) is 0 Å². The van der Waals surface area contributed by atoms with E-state index in [1.54, 1.807) is 0 Å². The van der Waals surface area contributed by atoms with Gasteiger partial charge < -0.3 is 4.74 Å². The number of hydrogen-bond acceptors (Lipinski definition) is 4. The van der Waals surface area contributed by atoms with Crippen LogP contribution in [0.3, 0.4) is 0 Å². The fraction of sp³-hybridized carbons (Fsp3) is 0.444. The number of nitrogens with zero attached hydrogens (tertiary/aromatic N) is 3. The molecule has 2 rings (SSSR count). The fourth-order valence-corrected chi connectivity index (χ4v) is 2.07. The Morgan fingerprint density at radius 3 is 3.00 bits per heavy atom. The van der Waals surface area contributed by atoms with E-state index >= 15 is 0 Å². The first-order chi connectivity index (χ1) is 7.61. The topological polar surface area (TPSA) is 55.3 Å². The minimum atomic E-state index is -0.178. The van der Waals surface area contributed by atoms with Crippen LogP contribution in [0.15, 0.2) is 10.8 Å². The predicted molar refractivity (Wildman–Crippen MR) is 62.9 cm³/mol. The molecule has 1 atom stereocenters. The van der Waals surface area contributed by atoms with Gasteiger partial charge in [0.2, 0.25) is 5.91 Å². The van der Waals surface area contributed by atoms with Crippen LogP contribution in [-0.2, 0) is 4.79 Å². The summed E-state index contributed by atoms with van der Waals surface area (Å²) < 4.78 is 5.64. The Kier molecular flexibility index (Phi) is 3.30. The first-order valence-electron chi connectivity index (χ1n) is 4.62. The number of carbonyl (C=O) groups excluding carboxylic acids is 1. The zero-order chi connectivity index (χ0) is 11.7. The molecule has 1 amide bonds. The molecule has 5 nitrogen and oxygen atoms in total. The Hall–Kier alpha value is -0.880. The predicted octanol–water partition coefficient (Wildman–Crippen LogP) is 1.59. The lowest BCUT2D eigenvalue weighted by molar-refractivity contribution is -0.117. The van der Waals surface area contributed by atoms with Gasteiger partial charge in [0.25, 0.3) is 5.88 Å². The lowest BCUT2D eigenvalue weighted by Crippen LogP contribution is -2.26. The molecule has 1 aliphatic heterocycles. The molecule has 1 unspecified atom stereocenters. The Bertz CT molecular complexity index is 429. The number of anilines is 1. The molecule has 0 N–H and O–H groups in total. The second kappa shape index (κ2) is 4.55. The number of ether oxygens (including phenoxy) is 1. The number of rotatable bonds is 2. The zero-order valence-corrected chi connectivity index (χ0v) is 10.8. The van der Waals surface area contributed by atoms with Crippen LogP contribution >= 0.6 is 27.5 Å². The molecule has 16 heavy (non-hydrogen) atoms. The molecule has 0 saturated carbocycles. The number of aromatic nitrogens is 2. The van der Waals surface area contributed by atoms with Gasteiger partial charge in [-0.3, -0.25) is 9.69 Å². The second-order valence-electron chi connectivity index (χ2n) is 3.33. The third-order valence-electron chi connectivity index (χ3n) is 2.22. The first kappa shape index (κ1) is 11.6. The Morgan fingerprint density at radius 1 is 1.69 bits per heavy atom. The third kappa shape index (κ3) is 2.12. The SMILES string of the molecule is COc1nc(Br)cnc1N1CC(Cl)CC1=O. The monoisotopic (exact) mass is 305 g/mol. The van der Waals surface area contributed by atoms with E-state index < -0.39 is 0 Å². The summed E-state index contributed by atoms with van der Waals surface area (Å²) in [7, 11) is 1.48. The van der Waals surface area contributed by atoms with E-state index in [0.29, 0.717) is 29.3 Å². The van der Waals surface area contributed by atoms with Crippen LogP contribution < -0.4 is 9.64 Å². The lowest BCUT2D eigenvalue weighted by Gasteiger charge is -2.16. The van der Waals surface area contributed by atoms with Crippen LogP contribution in [0.4, 0.5) is 5.82 Å². The van der Waals surface area contributed by atoms with Gasteiger partial charge in [-0.15, -0.1) is 11.6 Å². The van der Waals surface area contributed by atoms with Crippen LogP contribution in [0.2, 0.25) is 0 Å². The molecule has 0 aliphatic carbocycles. The van der Waals surface area contributed by atoms with E-state index in [-0.39, 0.29) is 11.3 Å². The molecule has 0 spiro atoms. The third-order valence-corrected chi connectivity index (χ3v) is 2.89. The largest absolute Gasteiger partial charge is 0.478 e. The van der Waals surface area contributed by atoms with Gasteiger partial charge in [-0.05, 0) is 15.9 Å². The molecule has 2 heterocycles. The molecule has 0 aromatic carbocycles. The smallest absolute Gasteiger partial charge is 0.258 e. The van der Waals surface area contributed by atoms with E-state index in [4.69, 9.17) is 16.3 Å². The van der Waals surface area contributed by atoms with Gasteiger partial charge in [0.15, 0.2) is 5.82 Å². The Morgan fingerprint density at radius 2 is 2.44 bits per heavy atom. The van der Waals surface area contributed by atoms with Gasteiger partial charge in [0, 0.05) is 13.0 Å². The van der Waals surface area contributed by atoms with Crippen molar-refractivity contribution in [1.82, 2.24) is 9.97 Å². The highest BCUT2D eigenvalue weighted by molar-refractivity contribution is 9.10. The number of carbonyl (C=O) groups is 1. The summed E-state index contributed by atoms with van der Waals surface area (Å²) in [6.45, 7) is 0.438. The quantitative estimate of drug-likeness (QED) is 0.779. The number of hydrogen-bond donors (Lipinski definition) is 0. The van der Waals surface area contributed by atoms with Crippen molar-refractivity contribution in [3.8, 4) is 5.88 Å². The molecule has 1 saturated heterocycles. The molecular formula is C9H9BrClN3O2. The average molecular weight is 307 g/mol. The molecule has 7 heteroatoms. The second-order valence-corrected chi connectivity index (χ2v) is 4.76. The molecule has 0 bridgehead atoms. The molecular weight excluding hydrogens is 297 g/mol. The number of halogens is 2. The minimum absolute atomic E-state index is 0.0603. The summed E-state index contributed by atoms with van der Waals surface area (Å²) in [5.41, 5.74) is 0. The van der Waals surface area contributed by atoms with E-state index in [9.17, 15) is 4.79 Å². The van der Waals surface area contributed by atoms with Gasteiger partial charge in [-0.2, -0.15) is 0 Å². The molecule has 0 radical (unpaired) electrons. The maximum atomic E-state index is 11.6. The van der Waals surface area contributed by atoms with Crippen LogP contribution in [0, 0.1) is 0 Å². The molecule has 86 valence electrons. The van der Waals surface area contributed by atoms with Crippen LogP contribution in [-0.4, -0.2) is 34.9 Å². The van der Waals surface area contributed by atoms with E-state index in [1.165, 1.54) is 18.2 Å². The summed E-state index contributed by atoms with van der Waals surface area (Å²) in [6, 6.07) is 0. The molecule has 1 aliphatic rings. The molecule has 1 aromatic rings. The number of amides is 1. The van der Waals surface area contributed by atoms with Crippen molar-refractivity contribution in [2.75, 3.05) is 18.6 Å². The Balaban J connectivity index is 2.36. The van der Waals surface area contributed by atoms with Crippen molar-refractivity contribution in [2.45, 2.75) is 11.8 Å². The van der Waals surface area contributed by atoms with Crippen molar-refractivity contribution in [3.63, 3.8) is 0 Å². The summed E-state index contributed by atoms with van der Waals surface area (Å²) >= 11 is 9.11. The number of alkyl halides is 1. The molecule has 1 fully saturated rings. The van der Waals surface area contributed by atoms with Crippen molar-refractivity contribution >= 4 is 39.3 Å². The average Bonchev–Trinajstić information content (AvgIpc) is 2.57. The first-order valence-corrected chi connectivity index (χ1v) is 5.85. The van der Waals surface area contributed by atoms with Gasteiger partial charge >= 0.3 is 0 Å². The van der Waals surface area contributed by atoms with Gasteiger partial charge in [-0.25, -0.2) is 9.97 Å².